The molecule has 0 bridgehead atoms. The lowest BCUT2D eigenvalue weighted by atomic mass is 10.2. The Kier molecular flexibility index (Phi) is 3.97. The highest BCUT2D eigenvalue weighted by Crippen LogP contribution is 2.39. The minimum Gasteiger partial charge on any atom is -0.357 e. The van der Waals surface area contributed by atoms with Crippen molar-refractivity contribution in [3.63, 3.8) is 0 Å². The van der Waals surface area contributed by atoms with E-state index >= 15 is 0 Å². The van der Waals surface area contributed by atoms with E-state index in [1.165, 1.54) is 9.13 Å². The molecule has 3 heterocycles. The van der Waals surface area contributed by atoms with E-state index in [-0.39, 0.29) is 18.1 Å². The van der Waals surface area contributed by atoms with Crippen molar-refractivity contribution in [1.29, 1.82) is 0 Å². The first-order valence-electron chi connectivity index (χ1n) is 9.54. The number of aryl methyl sites for hydroxylation is 2. The number of hydrogen-bond donors (Lipinski definition) is 2. The van der Waals surface area contributed by atoms with Gasteiger partial charge in [0.25, 0.3) is 5.56 Å². The lowest BCUT2D eigenvalue weighted by Gasteiger charge is -2.10. The van der Waals surface area contributed by atoms with E-state index in [1.807, 2.05) is 18.2 Å². The van der Waals surface area contributed by atoms with Gasteiger partial charge in [-0.05, 0) is 37.0 Å². The number of nitrogens with two attached hydrogens (primary N) is 1. The molecule has 0 amide bonds. The number of nitrogens with one attached hydrogen (secondary N) is 1. The number of hydrogen-bond acceptors (Lipinski definition) is 4. The first-order valence-corrected chi connectivity index (χ1v) is 9.92. The number of halogens is 1. The number of rotatable bonds is 4. The van der Waals surface area contributed by atoms with Crippen LogP contribution in [-0.4, -0.2) is 23.7 Å². The Hall–Kier alpha value is -2.84. The summed E-state index contributed by atoms with van der Waals surface area (Å²) in [6.45, 7) is 0.113. The largest absolute Gasteiger partial charge is 0.357 e. The van der Waals surface area contributed by atoms with Gasteiger partial charge < -0.3 is 15.3 Å². The second-order valence-electron chi connectivity index (χ2n) is 7.79. The van der Waals surface area contributed by atoms with Gasteiger partial charge >= 0.3 is 5.69 Å². The number of aromatic amines is 1. The fraction of sp³-hybridized carbons (Fsp3) is 0.350. The molecule has 3 N–H and O–H groups in total. The van der Waals surface area contributed by atoms with E-state index in [2.05, 4.69) is 9.97 Å². The van der Waals surface area contributed by atoms with E-state index in [1.54, 1.807) is 24.7 Å². The molecule has 1 aromatic carbocycles. The summed E-state index contributed by atoms with van der Waals surface area (Å²) in [5.41, 5.74) is 7.86. The van der Waals surface area contributed by atoms with Crippen LogP contribution in [0, 0.1) is 5.92 Å². The van der Waals surface area contributed by atoms with E-state index < -0.39 is 5.69 Å². The van der Waals surface area contributed by atoms with Crippen LogP contribution >= 0.6 is 11.6 Å². The van der Waals surface area contributed by atoms with Gasteiger partial charge in [-0.1, -0.05) is 17.7 Å². The quantitative estimate of drug-likeness (QED) is 0.535. The Morgan fingerprint density at radius 2 is 2.03 bits per heavy atom. The fourth-order valence-electron chi connectivity index (χ4n) is 4.00. The van der Waals surface area contributed by atoms with Crippen molar-refractivity contribution in [2.75, 3.05) is 0 Å². The van der Waals surface area contributed by atoms with Gasteiger partial charge in [-0.3, -0.25) is 13.9 Å². The van der Waals surface area contributed by atoms with Crippen LogP contribution in [0.15, 0.2) is 33.9 Å². The van der Waals surface area contributed by atoms with Gasteiger partial charge in [-0.25, -0.2) is 9.78 Å². The lowest BCUT2D eigenvalue weighted by Crippen LogP contribution is -2.39. The highest BCUT2D eigenvalue weighted by molar-refractivity contribution is 6.35. The average molecular weight is 413 g/mol. The number of benzene rings is 1. The fourth-order valence-corrected chi connectivity index (χ4v) is 4.22. The summed E-state index contributed by atoms with van der Waals surface area (Å²) in [6.07, 6.45) is 2.13. The molecule has 5 rings (SSSR count). The van der Waals surface area contributed by atoms with Crippen molar-refractivity contribution in [2.24, 2.45) is 25.7 Å². The van der Waals surface area contributed by atoms with E-state index in [0.717, 1.165) is 29.4 Å². The summed E-state index contributed by atoms with van der Waals surface area (Å²) in [5.74, 6) is 1.03. The SMILES string of the molecule is Cn1c(C(N)C2CC2)nc2c1c(=O)n(Cc1cc3c(Cl)cccc3[nH]1)c(=O)n2C. The Morgan fingerprint density at radius 3 is 2.72 bits per heavy atom. The molecule has 1 aliphatic rings. The normalized spacial score (nSPS) is 15.4. The maximum absolute atomic E-state index is 13.2. The van der Waals surface area contributed by atoms with E-state index in [4.69, 9.17) is 17.3 Å². The van der Waals surface area contributed by atoms with Crippen molar-refractivity contribution in [3.8, 4) is 0 Å². The van der Waals surface area contributed by atoms with Crippen molar-refractivity contribution >= 4 is 33.7 Å². The van der Waals surface area contributed by atoms with Crippen LogP contribution in [0.1, 0.15) is 30.4 Å². The van der Waals surface area contributed by atoms with Gasteiger partial charge in [0, 0.05) is 35.7 Å². The van der Waals surface area contributed by atoms with Crippen molar-refractivity contribution in [1.82, 2.24) is 23.7 Å². The number of H-pyrrole nitrogens is 1. The van der Waals surface area contributed by atoms with Crippen LogP contribution in [0.25, 0.3) is 22.1 Å². The summed E-state index contributed by atoms with van der Waals surface area (Å²) in [4.78, 5) is 34.0. The molecule has 3 aromatic heterocycles. The zero-order valence-electron chi connectivity index (χ0n) is 16.1. The monoisotopic (exact) mass is 412 g/mol. The second-order valence-corrected chi connectivity index (χ2v) is 8.20. The Labute approximate surface area is 170 Å². The zero-order chi connectivity index (χ0) is 20.4. The smallest absolute Gasteiger partial charge is 0.332 e. The van der Waals surface area contributed by atoms with Gasteiger partial charge in [0.05, 0.1) is 12.6 Å². The summed E-state index contributed by atoms with van der Waals surface area (Å²) >= 11 is 6.25. The minimum absolute atomic E-state index is 0.113. The second kappa shape index (κ2) is 6.33. The van der Waals surface area contributed by atoms with Crippen molar-refractivity contribution < 1.29 is 0 Å². The van der Waals surface area contributed by atoms with Gasteiger partial charge in [-0.2, -0.15) is 0 Å². The van der Waals surface area contributed by atoms with Crippen LogP contribution in [-0.2, 0) is 20.6 Å². The molecular formula is C20H21ClN6O2. The predicted octanol–water partition coefficient (Wildman–Crippen LogP) is 2.03. The first kappa shape index (κ1) is 18.2. The molecule has 0 spiro atoms. The van der Waals surface area contributed by atoms with Gasteiger partial charge in [-0.15, -0.1) is 0 Å². The Balaban J connectivity index is 1.67. The van der Waals surface area contributed by atoms with E-state index in [0.29, 0.717) is 27.9 Å². The number of fused-ring (bicyclic) bond motifs is 2. The maximum atomic E-state index is 13.2. The maximum Gasteiger partial charge on any atom is 0.332 e. The first-order chi connectivity index (χ1) is 13.9. The Bertz CT molecular complexity index is 1390. The zero-order valence-corrected chi connectivity index (χ0v) is 16.9. The Morgan fingerprint density at radius 1 is 1.28 bits per heavy atom. The molecule has 0 saturated heterocycles. The minimum atomic E-state index is -0.420. The third kappa shape index (κ3) is 2.74. The van der Waals surface area contributed by atoms with Crippen LogP contribution in [0.3, 0.4) is 0 Å². The van der Waals surface area contributed by atoms with Crippen LogP contribution in [0.2, 0.25) is 5.02 Å². The van der Waals surface area contributed by atoms with Crippen molar-refractivity contribution in [2.45, 2.75) is 25.4 Å². The van der Waals surface area contributed by atoms with Gasteiger partial charge in [0.1, 0.15) is 5.82 Å². The topological polar surface area (TPSA) is 104 Å². The molecule has 1 saturated carbocycles. The molecule has 1 aliphatic carbocycles. The van der Waals surface area contributed by atoms with Gasteiger partial charge in [0.2, 0.25) is 0 Å². The number of nitrogens with zero attached hydrogens (tertiary/aromatic N) is 4. The predicted molar refractivity (Wildman–Crippen MR) is 112 cm³/mol. The summed E-state index contributed by atoms with van der Waals surface area (Å²) in [5, 5.41) is 1.47. The van der Waals surface area contributed by atoms with Crippen molar-refractivity contribution in [3.05, 3.63) is 61.6 Å². The summed E-state index contributed by atoms with van der Waals surface area (Å²) in [7, 11) is 3.41. The standard InChI is InChI=1S/C20H21ClN6O2/c1-25-16-18(24-17(25)15(22)10-6-7-10)26(2)20(29)27(19(16)28)9-11-8-12-13(21)4-3-5-14(12)23-11/h3-5,8,10,15,23H,6-7,9,22H2,1-2H3. The molecule has 8 nitrogen and oxygen atoms in total. The summed E-state index contributed by atoms with van der Waals surface area (Å²) < 4.78 is 4.36. The molecule has 0 radical (unpaired) electrons. The number of imidazole rings is 1. The number of aromatic nitrogens is 5. The summed E-state index contributed by atoms with van der Waals surface area (Å²) in [6, 6.07) is 7.19. The molecule has 9 heteroatoms. The highest BCUT2D eigenvalue weighted by Gasteiger charge is 2.33. The third-order valence-electron chi connectivity index (χ3n) is 5.82. The van der Waals surface area contributed by atoms with Crippen LogP contribution in [0.5, 0.6) is 0 Å². The molecule has 1 atom stereocenters. The molecule has 29 heavy (non-hydrogen) atoms. The molecule has 4 aromatic rings. The molecule has 1 unspecified atom stereocenters. The molecule has 150 valence electrons. The van der Waals surface area contributed by atoms with E-state index in [9.17, 15) is 9.59 Å². The lowest BCUT2D eigenvalue weighted by molar-refractivity contribution is 0.573. The molecule has 0 aliphatic heterocycles. The average Bonchev–Trinajstić information content (AvgIpc) is 3.37. The molecular weight excluding hydrogens is 392 g/mol. The van der Waals surface area contributed by atoms with Crippen LogP contribution in [0.4, 0.5) is 0 Å². The highest BCUT2D eigenvalue weighted by atomic mass is 35.5. The van der Waals surface area contributed by atoms with Crippen LogP contribution < -0.4 is 17.0 Å². The molecule has 1 fully saturated rings. The third-order valence-corrected chi connectivity index (χ3v) is 6.15. The van der Waals surface area contributed by atoms with Gasteiger partial charge in [0.15, 0.2) is 11.2 Å².